The van der Waals surface area contributed by atoms with E-state index in [4.69, 9.17) is 0 Å². The number of carbonyl (C=O) groups is 1. The number of aryl methyl sites for hydroxylation is 1. The fourth-order valence-corrected chi connectivity index (χ4v) is 5.22. The van der Waals surface area contributed by atoms with Gasteiger partial charge in [-0.2, -0.15) is 0 Å². The van der Waals surface area contributed by atoms with Crippen LogP contribution in [0.15, 0.2) is 83.3 Å². The summed E-state index contributed by atoms with van der Waals surface area (Å²) in [6.45, 7) is 5.57. The molecule has 7 heteroatoms. The monoisotopic (exact) mass is 447 g/mol. The van der Waals surface area contributed by atoms with Gasteiger partial charge in [0.2, 0.25) is 5.91 Å². The third-order valence-corrected chi connectivity index (χ3v) is 7.10. The summed E-state index contributed by atoms with van der Waals surface area (Å²) in [6, 6.07) is 17.5. The van der Waals surface area contributed by atoms with Crippen molar-refractivity contribution >= 4 is 44.9 Å². The van der Waals surface area contributed by atoms with Gasteiger partial charge in [-0.1, -0.05) is 48.5 Å². The van der Waals surface area contributed by atoms with Crippen molar-refractivity contribution in [2.45, 2.75) is 18.4 Å². The maximum absolute atomic E-state index is 13.1. The third-order valence-electron chi connectivity index (χ3n) is 4.79. The zero-order chi connectivity index (χ0) is 21.8. The first-order valence-corrected chi connectivity index (χ1v) is 11.5. The van der Waals surface area contributed by atoms with Crippen molar-refractivity contribution in [1.29, 1.82) is 0 Å². The number of nitrogens with zero attached hydrogens (tertiary/aromatic N) is 2. The zero-order valence-corrected chi connectivity index (χ0v) is 18.6. The number of aromatic nitrogens is 2. The number of rotatable bonds is 7. The molecule has 5 nitrogen and oxygen atoms in total. The van der Waals surface area contributed by atoms with E-state index in [9.17, 15) is 9.59 Å². The second-order valence-corrected chi connectivity index (χ2v) is 8.98. The highest BCUT2D eigenvalue weighted by molar-refractivity contribution is 7.99. The van der Waals surface area contributed by atoms with Crippen LogP contribution in [0.25, 0.3) is 20.7 Å². The third kappa shape index (κ3) is 4.47. The highest BCUT2D eigenvalue weighted by Gasteiger charge is 2.17. The minimum atomic E-state index is -0.272. The largest absolute Gasteiger partial charge is 0.324 e. The molecular weight excluding hydrogens is 426 g/mol. The van der Waals surface area contributed by atoms with Gasteiger partial charge in [0.05, 0.1) is 17.4 Å². The van der Waals surface area contributed by atoms with Crippen LogP contribution in [0, 0.1) is 6.92 Å². The van der Waals surface area contributed by atoms with E-state index in [1.165, 1.54) is 22.2 Å². The van der Waals surface area contributed by atoms with Crippen molar-refractivity contribution in [3.63, 3.8) is 0 Å². The maximum atomic E-state index is 13.1. The fourth-order valence-electron chi connectivity index (χ4n) is 3.33. The van der Waals surface area contributed by atoms with E-state index in [0.717, 1.165) is 32.3 Å². The average molecular weight is 448 g/mol. The summed E-state index contributed by atoms with van der Waals surface area (Å²) < 4.78 is 1.37. The van der Waals surface area contributed by atoms with Gasteiger partial charge in [-0.05, 0) is 30.2 Å². The second kappa shape index (κ2) is 9.32. The Hall–Kier alpha value is -3.16. The molecule has 2 heterocycles. The van der Waals surface area contributed by atoms with E-state index < -0.39 is 0 Å². The standard InChI is InChI=1S/C24H21N3O2S2/c1-3-13-30-19-12-8-7-11-18(19)26-20(28)14-27-15-25-23-21(24(27)29)16(2)22(31-23)17-9-5-4-6-10-17/h3-12,15H,1,13-14H2,2H3,(H,26,28). The van der Waals surface area contributed by atoms with E-state index in [1.54, 1.807) is 11.8 Å². The number of amides is 1. The number of thiophene rings is 1. The first-order chi connectivity index (χ1) is 15.1. The molecule has 156 valence electrons. The SMILES string of the molecule is C=CCSc1ccccc1NC(=O)Cn1cnc2sc(-c3ccccc3)c(C)c2c1=O. The highest BCUT2D eigenvalue weighted by atomic mass is 32.2. The Morgan fingerprint density at radius 3 is 2.71 bits per heavy atom. The van der Waals surface area contributed by atoms with E-state index in [-0.39, 0.29) is 18.0 Å². The van der Waals surface area contributed by atoms with Crippen molar-refractivity contribution in [3.05, 3.63) is 89.5 Å². The van der Waals surface area contributed by atoms with Gasteiger partial charge in [0, 0.05) is 15.5 Å². The topological polar surface area (TPSA) is 64.0 Å². The summed E-state index contributed by atoms with van der Waals surface area (Å²) in [7, 11) is 0. The Morgan fingerprint density at radius 1 is 1.19 bits per heavy atom. The van der Waals surface area contributed by atoms with Gasteiger partial charge in [0.25, 0.3) is 5.56 Å². The molecule has 0 fully saturated rings. The Morgan fingerprint density at radius 2 is 1.94 bits per heavy atom. The van der Waals surface area contributed by atoms with Gasteiger partial charge < -0.3 is 5.32 Å². The minimum absolute atomic E-state index is 0.0990. The number of nitrogens with one attached hydrogen (secondary N) is 1. The average Bonchev–Trinajstić information content (AvgIpc) is 3.13. The lowest BCUT2D eigenvalue weighted by atomic mass is 10.1. The molecule has 4 aromatic rings. The van der Waals surface area contributed by atoms with Gasteiger partial charge in [-0.15, -0.1) is 29.7 Å². The molecule has 0 saturated heterocycles. The molecule has 0 saturated carbocycles. The molecule has 1 amide bonds. The number of benzene rings is 2. The van der Waals surface area contributed by atoms with Crippen LogP contribution >= 0.6 is 23.1 Å². The van der Waals surface area contributed by atoms with Gasteiger partial charge >= 0.3 is 0 Å². The molecular formula is C24H21N3O2S2. The van der Waals surface area contributed by atoms with Crippen LogP contribution in [0.2, 0.25) is 0 Å². The second-order valence-electron chi connectivity index (χ2n) is 6.92. The van der Waals surface area contributed by atoms with Gasteiger partial charge in [0.15, 0.2) is 0 Å². The van der Waals surface area contributed by atoms with Crippen LogP contribution in [-0.4, -0.2) is 21.2 Å². The summed E-state index contributed by atoms with van der Waals surface area (Å²) in [5.41, 5.74) is 2.47. The predicted molar refractivity (Wildman–Crippen MR) is 130 cm³/mol. The molecule has 2 aromatic heterocycles. The lowest BCUT2D eigenvalue weighted by Crippen LogP contribution is -2.28. The van der Waals surface area contributed by atoms with E-state index in [1.807, 2.05) is 67.6 Å². The molecule has 0 unspecified atom stereocenters. The van der Waals surface area contributed by atoms with E-state index in [0.29, 0.717) is 10.2 Å². The van der Waals surface area contributed by atoms with E-state index >= 15 is 0 Å². The first-order valence-electron chi connectivity index (χ1n) is 9.75. The number of carbonyl (C=O) groups excluding carboxylic acids is 1. The number of anilines is 1. The highest BCUT2D eigenvalue weighted by Crippen LogP contribution is 2.35. The molecule has 0 aliphatic rings. The zero-order valence-electron chi connectivity index (χ0n) is 17.0. The molecule has 0 atom stereocenters. The minimum Gasteiger partial charge on any atom is -0.324 e. The maximum Gasteiger partial charge on any atom is 0.262 e. The Kier molecular flexibility index (Phi) is 6.34. The molecule has 31 heavy (non-hydrogen) atoms. The van der Waals surface area contributed by atoms with Crippen LogP contribution < -0.4 is 10.9 Å². The van der Waals surface area contributed by atoms with Gasteiger partial charge in [-0.25, -0.2) is 4.98 Å². The number of thioether (sulfide) groups is 1. The van der Waals surface area contributed by atoms with Gasteiger partial charge in [0.1, 0.15) is 11.4 Å². The van der Waals surface area contributed by atoms with Crippen molar-refractivity contribution in [2.24, 2.45) is 0 Å². The molecule has 0 spiro atoms. The first kappa shape index (κ1) is 21.1. The quantitative estimate of drug-likeness (QED) is 0.306. The number of hydrogen-bond donors (Lipinski definition) is 1. The lowest BCUT2D eigenvalue weighted by molar-refractivity contribution is -0.116. The number of hydrogen-bond acceptors (Lipinski definition) is 5. The van der Waals surface area contributed by atoms with Crippen molar-refractivity contribution in [1.82, 2.24) is 9.55 Å². The van der Waals surface area contributed by atoms with Crippen LogP contribution in [0.5, 0.6) is 0 Å². The molecule has 4 rings (SSSR count). The lowest BCUT2D eigenvalue weighted by Gasteiger charge is -2.11. The van der Waals surface area contributed by atoms with Crippen LogP contribution in [-0.2, 0) is 11.3 Å². The summed E-state index contributed by atoms with van der Waals surface area (Å²) in [6.07, 6.45) is 3.27. The van der Waals surface area contributed by atoms with Crippen molar-refractivity contribution in [2.75, 3.05) is 11.1 Å². The summed E-state index contributed by atoms with van der Waals surface area (Å²) in [5, 5.41) is 3.48. The van der Waals surface area contributed by atoms with Crippen molar-refractivity contribution < 1.29 is 4.79 Å². The van der Waals surface area contributed by atoms with Crippen LogP contribution in [0.4, 0.5) is 5.69 Å². The van der Waals surface area contributed by atoms with Crippen LogP contribution in [0.3, 0.4) is 0 Å². The summed E-state index contributed by atoms with van der Waals surface area (Å²) in [5.74, 6) is 0.472. The number of para-hydroxylation sites is 1. The van der Waals surface area contributed by atoms with Crippen LogP contribution in [0.1, 0.15) is 5.56 Å². The number of fused-ring (bicyclic) bond motifs is 1. The molecule has 0 radical (unpaired) electrons. The molecule has 0 bridgehead atoms. The molecule has 0 aliphatic heterocycles. The normalized spacial score (nSPS) is 10.9. The van der Waals surface area contributed by atoms with Crippen molar-refractivity contribution in [3.8, 4) is 10.4 Å². The summed E-state index contributed by atoms with van der Waals surface area (Å²) in [4.78, 5) is 32.9. The Labute approximate surface area is 188 Å². The smallest absolute Gasteiger partial charge is 0.262 e. The Bertz CT molecular complexity index is 1310. The van der Waals surface area contributed by atoms with Gasteiger partial charge in [-0.3, -0.25) is 14.2 Å². The molecule has 2 aromatic carbocycles. The predicted octanol–water partition coefficient (Wildman–Crippen LogP) is 5.35. The Balaban J connectivity index is 1.60. The molecule has 1 N–H and O–H groups in total. The van der Waals surface area contributed by atoms with E-state index in [2.05, 4.69) is 16.9 Å². The summed E-state index contributed by atoms with van der Waals surface area (Å²) >= 11 is 3.09. The fraction of sp³-hybridized carbons (Fsp3) is 0.125. The molecule has 0 aliphatic carbocycles.